The molecule has 4 heterocycles. The van der Waals surface area contributed by atoms with Crippen LogP contribution in [0.2, 0.25) is 0 Å². The van der Waals surface area contributed by atoms with Gasteiger partial charge in [-0.25, -0.2) is 9.67 Å². The van der Waals surface area contributed by atoms with Crippen molar-refractivity contribution in [2.24, 2.45) is 0 Å². The van der Waals surface area contributed by atoms with E-state index in [2.05, 4.69) is 28.5 Å². The van der Waals surface area contributed by atoms with Crippen LogP contribution in [0.1, 0.15) is 50.9 Å². The highest BCUT2D eigenvalue weighted by Gasteiger charge is 2.26. The summed E-state index contributed by atoms with van der Waals surface area (Å²) in [5.41, 5.74) is 0.684. The minimum absolute atomic E-state index is 0.0883. The highest BCUT2D eigenvalue weighted by Crippen LogP contribution is 2.24. The van der Waals surface area contributed by atoms with Crippen molar-refractivity contribution in [2.75, 3.05) is 13.1 Å². The summed E-state index contributed by atoms with van der Waals surface area (Å²) in [5.74, 6) is 1.44. The van der Waals surface area contributed by atoms with Gasteiger partial charge in [-0.05, 0) is 30.4 Å². The van der Waals surface area contributed by atoms with Gasteiger partial charge in [0, 0.05) is 50.4 Å². The fourth-order valence-corrected chi connectivity index (χ4v) is 4.70. The molecule has 1 amide bonds. The third-order valence-electron chi connectivity index (χ3n) is 5.52. The molecule has 0 aliphatic carbocycles. The fourth-order valence-electron chi connectivity index (χ4n) is 4.01. The van der Waals surface area contributed by atoms with E-state index in [9.17, 15) is 9.59 Å². The van der Waals surface area contributed by atoms with Gasteiger partial charge in [0.2, 0.25) is 5.91 Å². The molecule has 1 atom stereocenters. The molecule has 0 unspecified atom stereocenters. The van der Waals surface area contributed by atoms with Crippen LogP contribution in [0.4, 0.5) is 0 Å². The summed E-state index contributed by atoms with van der Waals surface area (Å²) in [6, 6.07) is 7.24. The summed E-state index contributed by atoms with van der Waals surface area (Å²) in [6.45, 7) is 6.09. The molecule has 4 rings (SSSR count). The molecule has 1 saturated heterocycles. The van der Waals surface area contributed by atoms with Gasteiger partial charge in [0.1, 0.15) is 11.5 Å². The number of carbonyl (C=O) groups is 1. The van der Waals surface area contributed by atoms with Gasteiger partial charge in [0.15, 0.2) is 0 Å². The molecule has 1 fully saturated rings. The summed E-state index contributed by atoms with van der Waals surface area (Å²) in [6.07, 6.45) is 5.87. The average Bonchev–Trinajstić information content (AvgIpc) is 3.44. The first-order valence-corrected chi connectivity index (χ1v) is 11.3. The van der Waals surface area contributed by atoms with Crippen molar-refractivity contribution in [3.8, 4) is 10.6 Å². The smallest absolute Gasteiger partial charge is 0.267 e. The molecule has 0 radical (unpaired) electrons. The van der Waals surface area contributed by atoms with Gasteiger partial charge in [-0.1, -0.05) is 19.9 Å². The van der Waals surface area contributed by atoms with Gasteiger partial charge < -0.3 is 9.47 Å². The topological polar surface area (TPSA) is 73.0 Å². The van der Waals surface area contributed by atoms with E-state index in [0.717, 1.165) is 35.8 Å². The van der Waals surface area contributed by atoms with Crippen LogP contribution >= 0.6 is 11.3 Å². The van der Waals surface area contributed by atoms with Gasteiger partial charge in [-0.2, -0.15) is 5.10 Å². The van der Waals surface area contributed by atoms with Crippen molar-refractivity contribution in [1.29, 1.82) is 0 Å². The Morgan fingerprint density at radius 1 is 1.30 bits per heavy atom. The Balaban J connectivity index is 1.44. The van der Waals surface area contributed by atoms with Crippen molar-refractivity contribution in [3.05, 3.63) is 58.2 Å². The Hall–Kier alpha value is -2.74. The van der Waals surface area contributed by atoms with E-state index >= 15 is 0 Å². The highest BCUT2D eigenvalue weighted by atomic mass is 32.1. The summed E-state index contributed by atoms with van der Waals surface area (Å²) in [4.78, 5) is 32.7. The number of likely N-dealkylation sites (tertiary alicyclic amines) is 1. The maximum absolute atomic E-state index is 12.9. The maximum Gasteiger partial charge on any atom is 0.267 e. The van der Waals surface area contributed by atoms with Gasteiger partial charge >= 0.3 is 0 Å². The molecule has 7 nitrogen and oxygen atoms in total. The van der Waals surface area contributed by atoms with E-state index in [4.69, 9.17) is 0 Å². The zero-order chi connectivity index (χ0) is 21.1. The van der Waals surface area contributed by atoms with Crippen LogP contribution in [0.3, 0.4) is 0 Å². The van der Waals surface area contributed by atoms with Crippen LogP contribution in [-0.4, -0.2) is 43.2 Å². The number of imidazole rings is 1. The van der Waals surface area contributed by atoms with Crippen LogP contribution < -0.4 is 5.56 Å². The van der Waals surface area contributed by atoms with E-state index in [1.54, 1.807) is 34.3 Å². The summed E-state index contributed by atoms with van der Waals surface area (Å²) < 4.78 is 3.63. The number of nitrogens with zero attached hydrogens (tertiary/aromatic N) is 5. The number of piperidine rings is 1. The van der Waals surface area contributed by atoms with Crippen molar-refractivity contribution >= 4 is 17.2 Å². The third-order valence-corrected chi connectivity index (χ3v) is 6.42. The van der Waals surface area contributed by atoms with Crippen LogP contribution in [0.25, 0.3) is 10.6 Å². The Bertz CT molecular complexity index is 1050. The van der Waals surface area contributed by atoms with Crippen LogP contribution in [0.5, 0.6) is 0 Å². The number of thiophene rings is 1. The molecule has 158 valence electrons. The maximum atomic E-state index is 12.9. The number of aryl methyl sites for hydroxylation is 1. The summed E-state index contributed by atoms with van der Waals surface area (Å²) >= 11 is 1.60. The van der Waals surface area contributed by atoms with E-state index in [1.807, 2.05) is 28.6 Å². The van der Waals surface area contributed by atoms with Crippen molar-refractivity contribution in [1.82, 2.24) is 24.2 Å². The monoisotopic (exact) mass is 425 g/mol. The first-order valence-electron chi connectivity index (χ1n) is 10.5. The number of rotatable bonds is 6. The molecule has 1 aliphatic rings. The molecule has 0 saturated carbocycles. The largest absolute Gasteiger partial charge is 0.340 e. The standard InChI is InChI=1S/C22H27N5O2S/c1-16(2)22-23-10-13-25(22)12-9-20(28)26-11-3-5-17(15-26)27-21(29)8-7-18(24-27)19-6-4-14-30-19/h4,6-8,10,13-14,16-17H,3,5,9,11-12,15H2,1-2H3/t17-/m1/s1. The van der Waals surface area contributed by atoms with Gasteiger partial charge in [-0.3, -0.25) is 9.59 Å². The molecule has 1 aliphatic heterocycles. The normalized spacial score (nSPS) is 16.9. The SMILES string of the molecule is CC(C)c1nccn1CCC(=O)N1CCC[C@@H](n2nc(-c3cccs3)ccc2=O)C1. The van der Waals surface area contributed by atoms with Crippen molar-refractivity contribution in [3.63, 3.8) is 0 Å². The minimum Gasteiger partial charge on any atom is -0.340 e. The molecular formula is C22H27N5O2S. The third kappa shape index (κ3) is 4.38. The summed E-state index contributed by atoms with van der Waals surface area (Å²) in [7, 11) is 0. The lowest BCUT2D eigenvalue weighted by molar-refractivity contribution is -0.133. The van der Waals surface area contributed by atoms with E-state index < -0.39 is 0 Å². The molecule has 0 bridgehead atoms. The van der Waals surface area contributed by atoms with Crippen LogP contribution in [0, 0.1) is 0 Å². The van der Waals surface area contributed by atoms with Gasteiger partial charge in [0.05, 0.1) is 10.9 Å². The Morgan fingerprint density at radius 3 is 2.93 bits per heavy atom. The predicted molar refractivity (Wildman–Crippen MR) is 118 cm³/mol. The zero-order valence-electron chi connectivity index (χ0n) is 17.4. The second kappa shape index (κ2) is 8.95. The number of carbonyl (C=O) groups excluding carboxylic acids is 1. The number of amides is 1. The van der Waals surface area contributed by atoms with E-state index in [1.165, 1.54) is 0 Å². The first kappa shape index (κ1) is 20.5. The van der Waals surface area contributed by atoms with Crippen molar-refractivity contribution in [2.45, 2.75) is 51.6 Å². The number of hydrogen-bond acceptors (Lipinski definition) is 5. The summed E-state index contributed by atoms with van der Waals surface area (Å²) in [5, 5.41) is 6.61. The van der Waals surface area contributed by atoms with Crippen LogP contribution in [-0.2, 0) is 11.3 Å². The Labute approximate surface area is 180 Å². The van der Waals surface area contributed by atoms with Gasteiger partial charge in [-0.15, -0.1) is 11.3 Å². The van der Waals surface area contributed by atoms with Gasteiger partial charge in [0.25, 0.3) is 5.56 Å². The first-order chi connectivity index (χ1) is 14.5. The molecule has 3 aromatic heterocycles. The lowest BCUT2D eigenvalue weighted by Gasteiger charge is -2.33. The molecular weight excluding hydrogens is 398 g/mol. The lowest BCUT2D eigenvalue weighted by Crippen LogP contribution is -2.43. The molecule has 3 aromatic rings. The Kier molecular flexibility index (Phi) is 6.13. The number of aromatic nitrogens is 4. The zero-order valence-corrected chi connectivity index (χ0v) is 18.2. The Morgan fingerprint density at radius 2 is 2.17 bits per heavy atom. The quantitative estimate of drug-likeness (QED) is 0.605. The van der Waals surface area contributed by atoms with Crippen LogP contribution in [0.15, 0.2) is 46.8 Å². The lowest BCUT2D eigenvalue weighted by atomic mass is 10.1. The van der Waals surface area contributed by atoms with E-state index in [0.29, 0.717) is 25.4 Å². The minimum atomic E-state index is -0.116. The second-order valence-corrected chi connectivity index (χ2v) is 8.95. The van der Waals surface area contributed by atoms with E-state index in [-0.39, 0.29) is 17.5 Å². The second-order valence-electron chi connectivity index (χ2n) is 8.00. The molecule has 30 heavy (non-hydrogen) atoms. The fraction of sp³-hybridized carbons (Fsp3) is 0.455. The number of hydrogen-bond donors (Lipinski definition) is 0. The molecule has 0 aromatic carbocycles. The van der Waals surface area contributed by atoms with Crippen molar-refractivity contribution < 1.29 is 4.79 Å². The molecule has 8 heteroatoms. The predicted octanol–water partition coefficient (Wildman–Crippen LogP) is 3.55. The molecule has 0 spiro atoms. The highest BCUT2D eigenvalue weighted by molar-refractivity contribution is 7.13. The average molecular weight is 426 g/mol. The molecule has 0 N–H and O–H groups in total.